The van der Waals surface area contributed by atoms with Crippen molar-refractivity contribution in [1.29, 1.82) is 0 Å². The Morgan fingerprint density at radius 2 is 1.57 bits per heavy atom. The lowest BCUT2D eigenvalue weighted by atomic mass is 10.1. The van der Waals surface area contributed by atoms with Gasteiger partial charge < -0.3 is 4.74 Å². The van der Waals surface area contributed by atoms with Crippen molar-refractivity contribution in [2.45, 2.75) is 5.03 Å². The Morgan fingerprint density at radius 1 is 0.870 bits per heavy atom. The fourth-order valence-corrected chi connectivity index (χ4v) is 2.74. The van der Waals surface area contributed by atoms with Crippen LogP contribution in [-0.4, -0.2) is 16.5 Å². The molecule has 4 heteroatoms. The van der Waals surface area contributed by atoms with E-state index in [0.717, 1.165) is 10.8 Å². The van der Waals surface area contributed by atoms with Crippen LogP contribution in [0.3, 0.4) is 0 Å². The van der Waals surface area contributed by atoms with Gasteiger partial charge in [-0.3, -0.25) is 4.79 Å². The molecule has 2 aromatic carbocycles. The van der Waals surface area contributed by atoms with Gasteiger partial charge in [0.1, 0.15) is 11.5 Å². The highest BCUT2D eigenvalue weighted by molar-refractivity contribution is 7.99. The van der Waals surface area contributed by atoms with E-state index < -0.39 is 0 Å². The largest absolute Gasteiger partial charge is 0.457 e. The number of hydrogen-bond donors (Lipinski definition) is 0. The number of pyridine rings is 1. The third kappa shape index (κ3) is 4.44. The number of ketones is 1. The van der Waals surface area contributed by atoms with Gasteiger partial charge in [0.25, 0.3) is 0 Å². The first-order chi connectivity index (χ1) is 11.3. The Morgan fingerprint density at radius 3 is 2.26 bits per heavy atom. The Bertz CT molecular complexity index is 758. The minimum absolute atomic E-state index is 0.0758. The molecule has 0 aliphatic carbocycles. The molecule has 0 saturated carbocycles. The second kappa shape index (κ2) is 7.61. The second-order valence-electron chi connectivity index (χ2n) is 4.82. The van der Waals surface area contributed by atoms with Crippen molar-refractivity contribution < 1.29 is 9.53 Å². The van der Waals surface area contributed by atoms with E-state index in [1.54, 1.807) is 18.3 Å². The lowest BCUT2D eigenvalue weighted by molar-refractivity contribution is 0.102. The van der Waals surface area contributed by atoms with Gasteiger partial charge >= 0.3 is 0 Å². The van der Waals surface area contributed by atoms with Gasteiger partial charge in [0.2, 0.25) is 0 Å². The molecule has 3 nitrogen and oxygen atoms in total. The summed E-state index contributed by atoms with van der Waals surface area (Å²) in [5.74, 6) is 1.94. The molecule has 1 aromatic heterocycles. The van der Waals surface area contributed by atoms with Gasteiger partial charge in [0, 0.05) is 11.8 Å². The van der Waals surface area contributed by atoms with Crippen molar-refractivity contribution in [3.63, 3.8) is 0 Å². The number of thioether (sulfide) groups is 1. The summed E-state index contributed by atoms with van der Waals surface area (Å²) in [5, 5.41) is 0.852. The molecular weight excluding hydrogens is 306 g/mol. The Labute approximate surface area is 139 Å². The van der Waals surface area contributed by atoms with E-state index >= 15 is 0 Å². The summed E-state index contributed by atoms with van der Waals surface area (Å²) in [6.45, 7) is 0. The first kappa shape index (κ1) is 15.3. The molecule has 0 atom stereocenters. The number of rotatable bonds is 6. The SMILES string of the molecule is O=C(CSc1ccccn1)c1ccc(Oc2ccccc2)cc1. The summed E-state index contributed by atoms with van der Waals surface area (Å²) in [5.41, 5.74) is 0.675. The van der Waals surface area contributed by atoms with Crippen LogP contribution in [0.15, 0.2) is 84.0 Å². The van der Waals surface area contributed by atoms with Crippen LogP contribution >= 0.6 is 11.8 Å². The summed E-state index contributed by atoms with van der Waals surface area (Å²) in [7, 11) is 0. The molecule has 0 amide bonds. The lowest BCUT2D eigenvalue weighted by Crippen LogP contribution is -2.02. The molecule has 0 unspecified atom stereocenters. The number of hydrogen-bond acceptors (Lipinski definition) is 4. The van der Waals surface area contributed by atoms with Gasteiger partial charge in [-0.25, -0.2) is 4.98 Å². The van der Waals surface area contributed by atoms with Crippen LogP contribution in [-0.2, 0) is 0 Å². The summed E-state index contributed by atoms with van der Waals surface area (Å²) in [6, 6.07) is 22.4. The summed E-state index contributed by atoms with van der Waals surface area (Å²) in [4.78, 5) is 16.4. The maximum Gasteiger partial charge on any atom is 0.173 e. The highest BCUT2D eigenvalue weighted by Crippen LogP contribution is 2.22. The van der Waals surface area contributed by atoms with Crippen LogP contribution in [0, 0.1) is 0 Å². The third-order valence-electron chi connectivity index (χ3n) is 3.14. The molecule has 3 rings (SSSR count). The average Bonchev–Trinajstić information content (AvgIpc) is 2.62. The summed E-state index contributed by atoms with van der Waals surface area (Å²) >= 11 is 1.44. The van der Waals surface area contributed by atoms with Crippen molar-refractivity contribution in [1.82, 2.24) is 4.98 Å². The number of carbonyl (C=O) groups excluding carboxylic acids is 1. The van der Waals surface area contributed by atoms with Crippen LogP contribution in [0.2, 0.25) is 0 Å². The van der Waals surface area contributed by atoms with Crippen molar-refractivity contribution in [2.24, 2.45) is 0 Å². The molecule has 0 aliphatic rings. The zero-order chi connectivity index (χ0) is 15.9. The van der Waals surface area contributed by atoms with Crippen LogP contribution in [0.4, 0.5) is 0 Å². The Hall–Kier alpha value is -2.59. The number of benzene rings is 2. The van der Waals surface area contributed by atoms with E-state index in [0.29, 0.717) is 17.1 Å². The highest BCUT2D eigenvalue weighted by atomic mass is 32.2. The standard InChI is InChI=1S/C19H15NO2S/c21-18(14-23-19-8-4-5-13-20-19)15-9-11-17(12-10-15)22-16-6-2-1-3-7-16/h1-13H,14H2. The predicted molar refractivity (Wildman–Crippen MR) is 92.2 cm³/mol. The fourth-order valence-electron chi connectivity index (χ4n) is 1.99. The topological polar surface area (TPSA) is 39.2 Å². The normalized spacial score (nSPS) is 10.3. The van der Waals surface area contributed by atoms with Crippen molar-refractivity contribution in [3.05, 3.63) is 84.6 Å². The van der Waals surface area contributed by atoms with E-state index in [9.17, 15) is 4.79 Å². The number of Topliss-reactive ketones (excluding diaryl/α,β-unsaturated/α-hetero) is 1. The predicted octanol–water partition coefficient (Wildman–Crippen LogP) is 4.85. The zero-order valence-corrected chi connectivity index (χ0v) is 13.2. The maximum atomic E-state index is 12.2. The molecule has 0 N–H and O–H groups in total. The molecule has 114 valence electrons. The Balaban J connectivity index is 1.59. The quantitative estimate of drug-likeness (QED) is 0.480. The number of ether oxygens (including phenoxy) is 1. The number of carbonyl (C=O) groups is 1. The van der Waals surface area contributed by atoms with Gasteiger partial charge in [0.05, 0.1) is 10.8 Å². The minimum Gasteiger partial charge on any atom is -0.457 e. The minimum atomic E-state index is 0.0758. The highest BCUT2D eigenvalue weighted by Gasteiger charge is 2.07. The third-order valence-corrected chi connectivity index (χ3v) is 4.09. The fraction of sp³-hybridized carbons (Fsp3) is 0.0526. The van der Waals surface area contributed by atoms with Gasteiger partial charge in [0.15, 0.2) is 5.78 Å². The summed E-state index contributed by atoms with van der Waals surface area (Å²) in [6.07, 6.45) is 1.72. The zero-order valence-electron chi connectivity index (χ0n) is 12.4. The smallest absolute Gasteiger partial charge is 0.173 e. The second-order valence-corrected chi connectivity index (χ2v) is 5.81. The van der Waals surface area contributed by atoms with Crippen LogP contribution in [0.5, 0.6) is 11.5 Å². The Kier molecular flexibility index (Phi) is 5.06. The van der Waals surface area contributed by atoms with Gasteiger partial charge in [-0.15, -0.1) is 0 Å². The molecular formula is C19H15NO2S. The molecule has 0 spiro atoms. The number of para-hydroxylation sites is 1. The first-order valence-corrected chi connectivity index (χ1v) is 8.20. The van der Waals surface area contributed by atoms with Crippen molar-refractivity contribution >= 4 is 17.5 Å². The van der Waals surface area contributed by atoms with Gasteiger partial charge in [-0.05, 0) is 48.5 Å². The molecule has 3 aromatic rings. The van der Waals surface area contributed by atoms with Crippen molar-refractivity contribution in [2.75, 3.05) is 5.75 Å². The van der Waals surface area contributed by atoms with Gasteiger partial charge in [-0.1, -0.05) is 36.0 Å². The molecule has 23 heavy (non-hydrogen) atoms. The van der Waals surface area contributed by atoms with E-state index in [-0.39, 0.29) is 5.78 Å². The molecule has 1 heterocycles. The molecule has 0 saturated heterocycles. The van der Waals surface area contributed by atoms with E-state index in [2.05, 4.69) is 4.98 Å². The molecule has 0 bridgehead atoms. The number of aromatic nitrogens is 1. The maximum absolute atomic E-state index is 12.2. The van der Waals surface area contributed by atoms with E-state index in [4.69, 9.17) is 4.74 Å². The van der Waals surface area contributed by atoms with E-state index in [1.165, 1.54) is 11.8 Å². The first-order valence-electron chi connectivity index (χ1n) is 7.21. The van der Waals surface area contributed by atoms with Crippen LogP contribution in [0.25, 0.3) is 0 Å². The number of nitrogens with zero attached hydrogens (tertiary/aromatic N) is 1. The van der Waals surface area contributed by atoms with Crippen molar-refractivity contribution in [3.8, 4) is 11.5 Å². The van der Waals surface area contributed by atoms with Crippen LogP contribution in [0.1, 0.15) is 10.4 Å². The average molecular weight is 321 g/mol. The van der Waals surface area contributed by atoms with E-state index in [1.807, 2.05) is 60.7 Å². The molecule has 0 aliphatic heterocycles. The van der Waals surface area contributed by atoms with Crippen LogP contribution < -0.4 is 4.74 Å². The van der Waals surface area contributed by atoms with Gasteiger partial charge in [-0.2, -0.15) is 0 Å². The molecule has 0 fully saturated rings. The molecule has 0 radical (unpaired) electrons. The monoisotopic (exact) mass is 321 g/mol. The summed E-state index contributed by atoms with van der Waals surface area (Å²) < 4.78 is 5.72. The lowest BCUT2D eigenvalue weighted by Gasteiger charge is -2.06.